The van der Waals surface area contributed by atoms with Crippen LogP contribution in [0.25, 0.3) is 0 Å². The average molecular weight is 292 g/mol. The molecule has 0 fully saturated rings. The summed E-state index contributed by atoms with van der Waals surface area (Å²) in [5, 5.41) is 14.5. The smallest absolute Gasteiger partial charge is 0.336 e. The lowest BCUT2D eigenvalue weighted by Crippen LogP contribution is -2.20. The lowest BCUT2D eigenvalue weighted by atomic mass is 10.1. The Balaban J connectivity index is 2.12. The summed E-state index contributed by atoms with van der Waals surface area (Å²) in [5.74, 6) is -0.458. The normalized spacial score (nSPS) is 10.1. The van der Waals surface area contributed by atoms with Gasteiger partial charge in [-0.2, -0.15) is 4.37 Å². The summed E-state index contributed by atoms with van der Waals surface area (Å²) in [6.07, 6.45) is 0. The molecule has 104 valence electrons. The van der Waals surface area contributed by atoms with E-state index in [2.05, 4.69) is 20.0 Å². The van der Waals surface area contributed by atoms with Gasteiger partial charge >= 0.3 is 12.0 Å². The first-order chi connectivity index (χ1) is 9.47. The van der Waals surface area contributed by atoms with Crippen LogP contribution >= 0.6 is 11.5 Å². The van der Waals surface area contributed by atoms with Crippen LogP contribution in [0.5, 0.6) is 0 Å². The van der Waals surface area contributed by atoms with Gasteiger partial charge in [0.05, 0.1) is 5.56 Å². The van der Waals surface area contributed by atoms with Crippen LogP contribution in [0, 0.1) is 13.8 Å². The first-order valence-electron chi connectivity index (χ1n) is 5.68. The Kier molecular flexibility index (Phi) is 3.94. The van der Waals surface area contributed by atoms with Crippen molar-refractivity contribution in [3.63, 3.8) is 0 Å². The van der Waals surface area contributed by atoms with Crippen molar-refractivity contribution in [1.29, 1.82) is 0 Å². The number of anilines is 2. The molecular weight excluding hydrogens is 280 g/mol. The quantitative estimate of drug-likeness (QED) is 0.806. The van der Waals surface area contributed by atoms with Crippen LogP contribution in [0.3, 0.4) is 0 Å². The van der Waals surface area contributed by atoms with Crippen LogP contribution in [-0.4, -0.2) is 26.5 Å². The second-order valence-corrected chi connectivity index (χ2v) is 4.76. The molecule has 0 aliphatic rings. The van der Waals surface area contributed by atoms with Crippen molar-refractivity contribution in [2.75, 3.05) is 10.6 Å². The van der Waals surface area contributed by atoms with Gasteiger partial charge in [0, 0.05) is 17.2 Å². The number of rotatable bonds is 3. The second kappa shape index (κ2) is 5.66. The number of nitrogens with one attached hydrogen (secondary N) is 2. The van der Waals surface area contributed by atoms with Crippen molar-refractivity contribution < 1.29 is 14.7 Å². The van der Waals surface area contributed by atoms with Crippen molar-refractivity contribution in [2.45, 2.75) is 13.8 Å². The van der Waals surface area contributed by atoms with E-state index in [1.54, 1.807) is 26.0 Å². The molecular formula is C12H12N4O3S. The van der Waals surface area contributed by atoms with E-state index in [9.17, 15) is 9.59 Å². The van der Waals surface area contributed by atoms with E-state index in [-0.39, 0.29) is 5.56 Å². The summed E-state index contributed by atoms with van der Waals surface area (Å²) < 4.78 is 3.94. The minimum atomic E-state index is -1.04. The number of aryl methyl sites for hydroxylation is 1. The first-order valence-corrected chi connectivity index (χ1v) is 6.46. The highest BCUT2D eigenvalue weighted by Gasteiger charge is 2.12. The fraction of sp³-hybridized carbons (Fsp3) is 0.167. The summed E-state index contributed by atoms with van der Waals surface area (Å²) in [7, 11) is 0. The summed E-state index contributed by atoms with van der Waals surface area (Å²) in [5.41, 5.74) is 1.07. The summed E-state index contributed by atoms with van der Waals surface area (Å²) >= 11 is 1.07. The van der Waals surface area contributed by atoms with E-state index >= 15 is 0 Å². The molecule has 7 nitrogen and oxygen atoms in total. The summed E-state index contributed by atoms with van der Waals surface area (Å²) in [6, 6.07) is 4.19. The van der Waals surface area contributed by atoms with Gasteiger partial charge < -0.3 is 10.4 Å². The number of urea groups is 1. The van der Waals surface area contributed by atoms with Gasteiger partial charge in [-0.15, -0.1) is 0 Å². The molecule has 0 atom stereocenters. The number of nitrogens with zero attached hydrogens (tertiary/aromatic N) is 2. The molecule has 3 N–H and O–H groups in total. The van der Waals surface area contributed by atoms with Gasteiger partial charge in [-0.3, -0.25) is 5.32 Å². The van der Waals surface area contributed by atoms with Crippen LogP contribution in [0.1, 0.15) is 21.7 Å². The Morgan fingerprint density at radius 2 is 2.00 bits per heavy atom. The average Bonchev–Trinajstić information content (AvgIpc) is 2.77. The number of hydrogen-bond acceptors (Lipinski definition) is 5. The number of carboxylic acids is 1. The van der Waals surface area contributed by atoms with Crippen molar-refractivity contribution in [1.82, 2.24) is 9.36 Å². The molecule has 1 aromatic carbocycles. The molecule has 2 amide bonds. The molecule has 0 spiro atoms. The third-order valence-electron chi connectivity index (χ3n) is 2.56. The van der Waals surface area contributed by atoms with Gasteiger partial charge in [0.15, 0.2) is 0 Å². The number of benzene rings is 1. The topological polar surface area (TPSA) is 104 Å². The van der Waals surface area contributed by atoms with E-state index in [0.29, 0.717) is 22.2 Å². The minimum absolute atomic E-state index is 0.148. The fourth-order valence-corrected chi connectivity index (χ4v) is 2.17. The third-order valence-corrected chi connectivity index (χ3v) is 3.28. The fourth-order valence-electron chi connectivity index (χ4n) is 1.60. The van der Waals surface area contributed by atoms with Crippen LogP contribution in [0.15, 0.2) is 18.2 Å². The maximum atomic E-state index is 11.8. The number of carbonyl (C=O) groups excluding carboxylic acids is 1. The molecule has 0 aliphatic heterocycles. The third kappa shape index (κ3) is 3.09. The zero-order valence-electron chi connectivity index (χ0n) is 10.8. The van der Waals surface area contributed by atoms with Gasteiger partial charge in [-0.05, 0) is 31.5 Å². The lowest BCUT2D eigenvalue weighted by molar-refractivity contribution is 0.0696. The van der Waals surface area contributed by atoms with E-state index in [4.69, 9.17) is 5.11 Å². The largest absolute Gasteiger partial charge is 0.478 e. The van der Waals surface area contributed by atoms with Crippen LogP contribution in [-0.2, 0) is 0 Å². The maximum Gasteiger partial charge on any atom is 0.336 e. The van der Waals surface area contributed by atoms with Gasteiger partial charge in [0.2, 0.25) is 5.13 Å². The monoisotopic (exact) mass is 292 g/mol. The molecule has 0 unspecified atom stereocenters. The number of carboxylic acid groups (broad SMARTS) is 1. The summed E-state index contributed by atoms with van der Waals surface area (Å²) in [6.45, 7) is 3.36. The first kappa shape index (κ1) is 13.9. The standard InChI is InChI=1S/C12H12N4O3S/c1-6-8(10(17)18)4-3-5-9(6)14-11(19)15-12-13-7(2)16-20-12/h3-5H,1-2H3,(H,17,18)(H2,13,14,15,16,19). The van der Waals surface area contributed by atoms with Crippen molar-refractivity contribution in [3.8, 4) is 0 Å². The highest BCUT2D eigenvalue weighted by molar-refractivity contribution is 7.09. The van der Waals surface area contributed by atoms with Crippen molar-refractivity contribution >= 4 is 34.4 Å². The van der Waals surface area contributed by atoms with Gasteiger partial charge in [-0.25, -0.2) is 14.6 Å². The molecule has 0 radical (unpaired) electrons. The van der Waals surface area contributed by atoms with Gasteiger partial charge in [0.25, 0.3) is 0 Å². The molecule has 0 aliphatic carbocycles. The van der Waals surface area contributed by atoms with Crippen LogP contribution in [0.4, 0.5) is 15.6 Å². The molecule has 1 heterocycles. The number of aromatic carboxylic acids is 1. The molecule has 0 saturated carbocycles. The Labute approximate surface area is 118 Å². The highest BCUT2D eigenvalue weighted by Crippen LogP contribution is 2.19. The zero-order chi connectivity index (χ0) is 14.7. The van der Waals surface area contributed by atoms with E-state index in [0.717, 1.165) is 11.5 Å². The molecule has 8 heteroatoms. The van der Waals surface area contributed by atoms with Gasteiger partial charge in [0.1, 0.15) is 5.82 Å². The SMILES string of the molecule is Cc1nsc(NC(=O)Nc2cccc(C(=O)O)c2C)n1. The molecule has 0 bridgehead atoms. The number of aromatic nitrogens is 2. The zero-order valence-corrected chi connectivity index (χ0v) is 11.6. The molecule has 2 aromatic rings. The molecule has 1 aromatic heterocycles. The Morgan fingerprint density at radius 3 is 2.60 bits per heavy atom. The lowest BCUT2D eigenvalue weighted by Gasteiger charge is -2.10. The van der Waals surface area contributed by atoms with Crippen molar-refractivity contribution in [3.05, 3.63) is 35.2 Å². The van der Waals surface area contributed by atoms with E-state index in [1.165, 1.54) is 6.07 Å². The van der Waals surface area contributed by atoms with E-state index < -0.39 is 12.0 Å². The highest BCUT2D eigenvalue weighted by atomic mass is 32.1. The number of hydrogen-bond donors (Lipinski definition) is 3. The number of amides is 2. The molecule has 0 saturated heterocycles. The maximum absolute atomic E-state index is 11.8. The molecule has 2 rings (SSSR count). The number of carbonyl (C=O) groups is 2. The second-order valence-electron chi connectivity index (χ2n) is 4.01. The Hall–Kier alpha value is -2.48. The van der Waals surface area contributed by atoms with Crippen LogP contribution < -0.4 is 10.6 Å². The van der Waals surface area contributed by atoms with E-state index in [1.807, 2.05) is 0 Å². The van der Waals surface area contributed by atoms with Crippen molar-refractivity contribution in [2.24, 2.45) is 0 Å². The predicted octanol–water partition coefficient (Wildman–Crippen LogP) is 2.50. The molecule has 20 heavy (non-hydrogen) atoms. The Bertz CT molecular complexity index is 668. The predicted molar refractivity (Wildman–Crippen MR) is 75.4 cm³/mol. The Morgan fingerprint density at radius 1 is 1.25 bits per heavy atom. The van der Waals surface area contributed by atoms with Gasteiger partial charge in [-0.1, -0.05) is 6.07 Å². The summed E-state index contributed by atoms with van der Waals surface area (Å²) in [4.78, 5) is 26.8. The van der Waals surface area contributed by atoms with Crippen LogP contribution in [0.2, 0.25) is 0 Å². The minimum Gasteiger partial charge on any atom is -0.478 e.